The fourth-order valence-corrected chi connectivity index (χ4v) is 1.68. The molecule has 1 nitrogen and oxygen atoms in total. The van der Waals surface area contributed by atoms with Gasteiger partial charge in [0.1, 0.15) is 0 Å². The van der Waals surface area contributed by atoms with Gasteiger partial charge in [0, 0.05) is 10.6 Å². The molecule has 0 aliphatic rings. The number of nitrogens with two attached hydrogens (primary N) is 1. The number of hydrogen-bond donors (Lipinski definition) is 1. The van der Waals surface area contributed by atoms with E-state index in [1.165, 1.54) is 5.56 Å². The number of hydrogen-bond acceptors (Lipinski definition) is 1. The van der Waals surface area contributed by atoms with Gasteiger partial charge in [0.15, 0.2) is 0 Å². The zero-order valence-corrected chi connectivity index (χ0v) is 9.37. The van der Waals surface area contributed by atoms with Crippen molar-refractivity contribution in [2.45, 2.75) is 33.2 Å². The predicted octanol–water partition coefficient (Wildman–Crippen LogP) is 3.15. The Hall–Kier alpha value is -0.530. The molecule has 0 aliphatic heterocycles. The molecule has 0 aromatic heterocycles. The highest BCUT2D eigenvalue weighted by Crippen LogP contribution is 2.26. The first kappa shape index (κ1) is 10.6. The Morgan fingerprint density at radius 1 is 1.15 bits per heavy atom. The molecule has 72 valence electrons. The average Bonchev–Trinajstić information content (AvgIpc) is 1.94. The SMILES string of the molecule is Cc1cc(C)c(C(C)(C)N)cc1Cl. The van der Waals surface area contributed by atoms with Gasteiger partial charge < -0.3 is 5.73 Å². The lowest BCUT2D eigenvalue weighted by molar-refractivity contribution is 0.550. The van der Waals surface area contributed by atoms with Crippen molar-refractivity contribution >= 4 is 11.6 Å². The average molecular weight is 198 g/mol. The van der Waals surface area contributed by atoms with Crippen LogP contribution in [0.25, 0.3) is 0 Å². The van der Waals surface area contributed by atoms with Crippen LogP contribution >= 0.6 is 11.6 Å². The topological polar surface area (TPSA) is 26.0 Å². The summed E-state index contributed by atoms with van der Waals surface area (Å²) >= 11 is 6.04. The summed E-state index contributed by atoms with van der Waals surface area (Å²) in [4.78, 5) is 0. The number of rotatable bonds is 1. The molecule has 0 amide bonds. The zero-order chi connectivity index (χ0) is 10.2. The van der Waals surface area contributed by atoms with E-state index in [2.05, 4.69) is 13.0 Å². The smallest absolute Gasteiger partial charge is 0.0438 e. The van der Waals surface area contributed by atoms with Gasteiger partial charge in [-0.1, -0.05) is 17.7 Å². The maximum absolute atomic E-state index is 6.04. The minimum absolute atomic E-state index is 0.318. The van der Waals surface area contributed by atoms with Crippen LogP contribution in [0.15, 0.2) is 12.1 Å². The van der Waals surface area contributed by atoms with Crippen LogP contribution in [0.2, 0.25) is 5.02 Å². The second-order valence-corrected chi connectivity index (χ2v) is 4.55. The van der Waals surface area contributed by atoms with E-state index < -0.39 is 0 Å². The summed E-state index contributed by atoms with van der Waals surface area (Å²) in [6.45, 7) is 8.04. The summed E-state index contributed by atoms with van der Waals surface area (Å²) < 4.78 is 0. The van der Waals surface area contributed by atoms with E-state index >= 15 is 0 Å². The summed E-state index contributed by atoms with van der Waals surface area (Å²) in [7, 11) is 0. The van der Waals surface area contributed by atoms with Gasteiger partial charge >= 0.3 is 0 Å². The third-order valence-electron chi connectivity index (χ3n) is 2.20. The van der Waals surface area contributed by atoms with E-state index in [4.69, 9.17) is 17.3 Å². The molecule has 0 bridgehead atoms. The normalized spacial score (nSPS) is 11.8. The minimum atomic E-state index is -0.318. The first-order valence-corrected chi connectivity index (χ1v) is 4.76. The molecular formula is C11H16ClN. The summed E-state index contributed by atoms with van der Waals surface area (Å²) in [5.41, 5.74) is 9.12. The molecule has 1 aromatic carbocycles. The molecule has 2 N–H and O–H groups in total. The second kappa shape index (κ2) is 3.32. The molecule has 0 fully saturated rings. The molecule has 0 saturated carbocycles. The van der Waals surface area contributed by atoms with Crippen LogP contribution in [-0.4, -0.2) is 0 Å². The van der Waals surface area contributed by atoms with Crippen LogP contribution in [0.1, 0.15) is 30.5 Å². The Labute approximate surface area is 84.9 Å². The van der Waals surface area contributed by atoms with Gasteiger partial charge in [-0.3, -0.25) is 0 Å². The highest BCUT2D eigenvalue weighted by Gasteiger charge is 2.17. The largest absolute Gasteiger partial charge is 0.322 e. The minimum Gasteiger partial charge on any atom is -0.322 e. The molecule has 2 heteroatoms. The Balaban J connectivity index is 3.32. The summed E-state index contributed by atoms with van der Waals surface area (Å²) in [5.74, 6) is 0. The van der Waals surface area contributed by atoms with E-state index in [0.717, 1.165) is 16.1 Å². The van der Waals surface area contributed by atoms with Crippen molar-refractivity contribution in [1.82, 2.24) is 0 Å². The van der Waals surface area contributed by atoms with Crippen LogP contribution < -0.4 is 5.73 Å². The van der Waals surface area contributed by atoms with Crippen molar-refractivity contribution in [2.75, 3.05) is 0 Å². The second-order valence-electron chi connectivity index (χ2n) is 4.14. The van der Waals surface area contributed by atoms with E-state index in [1.54, 1.807) is 0 Å². The molecule has 1 rings (SSSR count). The molecule has 0 heterocycles. The Bertz CT molecular complexity index is 324. The summed E-state index contributed by atoms with van der Waals surface area (Å²) in [6, 6.07) is 4.04. The van der Waals surface area contributed by atoms with Crippen LogP contribution in [-0.2, 0) is 5.54 Å². The molecule has 1 aromatic rings. The molecule has 13 heavy (non-hydrogen) atoms. The third kappa shape index (κ3) is 2.23. The van der Waals surface area contributed by atoms with E-state index in [9.17, 15) is 0 Å². The lowest BCUT2D eigenvalue weighted by Crippen LogP contribution is -2.29. The maximum Gasteiger partial charge on any atom is 0.0438 e. The molecule has 0 saturated heterocycles. The van der Waals surface area contributed by atoms with Crippen molar-refractivity contribution in [3.63, 3.8) is 0 Å². The maximum atomic E-state index is 6.04. The van der Waals surface area contributed by atoms with Crippen LogP contribution in [0, 0.1) is 13.8 Å². The quantitative estimate of drug-likeness (QED) is 0.736. The van der Waals surface area contributed by atoms with Gasteiger partial charge in [0.25, 0.3) is 0 Å². The van der Waals surface area contributed by atoms with Crippen LogP contribution in [0.4, 0.5) is 0 Å². The van der Waals surface area contributed by atoms with Gasteiger partial charge in [-0.05, 0) is 50.5 Å². The van der Waals surface area contributed by atoms with Gasteiger partial charge in [0.05, 0.1) is 0 Å². The molecule has 0 aliphatic carbocycles. The van der Waals surface area contributed by atoms with E-state index in [-0.39, 0.29) is 5.54 Å². The summed E-state index contributed by atoms with van der Waals surface area (Å²) in [5, 5.41) is 0.791. The van der Waals surface area contributed by atoms with Crippen LogP contribution in [0.3, 0.4) is 0 Å². The monoisotopic (exact) mass is 197 g/mol. The first-order valence-electron chi connectivity index (χ1n) is 4.38. The Morgan fingerprint density at radius 3 is 2.15 bits per heavy atom. The van der Waals surface area contributed by atoms with E-state index in [1.807, 2.05) is 26.8 Å². The third-order valence-corrected chi connectivity index (χ3v) is 2.61. The fraction of sp³-hybridized carbons (Fsp3) is 0.455. The van der Waals surface area contributed by atoms with Gasteiger partial charge in [-0.2, -0.15) is 0 Å². The Morgan fingerprint density at radius 2 is 1.69 bits per heavy atom. The van der Waals surface area contributed by atoms with E-state index in [0.29, 0.717) is 0 Å². The van der Waals surface area contributed by atoms with Crippen molar-refractivity contribution in [3.8, 4) is 0 Å². The van der Waals surface area contributed by atoms with Crippen molar-refractivity contribution in [1.29, 1.82) is 0 Å². The van der Waals surface area contributed by atoms with Crippen LogP contribution in [0.5, 0.6) is 0 Å². The number of benzene rings is 1. The molecule has 0 atom stereocenters. The fourth-order valence-electron chi connectivity index (χ4n) is 1.52. The van der Waals surface area contributed by atoms with Gasteiger partial charge in [-0.25, -0.2) is 0 Å². The standard InChI is InChI=1S/C11H16ClN/c1-7-5-8(2)10(12)6-9(7)11(3,4)13/h5-6H,13H2,1-4H3. The highest BCUT2D eigenvalue weighted by atomic mass is 35.5. The molecule has 0 unspecified atom stereocenters. The highest BCUT2D eigenvalue weighted by molar-refractivity contribution is 6.31. The van der Waals surface area contributed by atoms with Crippen molar-refractivity contribution < 1.29 is 0 Å². The lowest BCUT2D eigenvalue weighted by atomic mass is 9.90. The molecular weight excluding hydrogens is 182 g/mol. The van der Waals surface area contributed by atoms with Crippen molar-refractivity contribution in [2.24, 2.45) is 5.73 Å². The first-order chi connectivity index (χ1) is 5.82. The molecule has 0 spiro atoms. The molecule has 0 radical (unpaired) electrons. The van der Waals surface area contributed by atoms with Crippen molar-refractivity contribution in [3.05, 3.63) is 33.8 Å². The summed E-state index contributed by atoms with van der Waals surface area (Å²) in [6.07, 6.45) is 0. The lowest BCUT2D eigenvalue weighted by Gasteiger charge is -2.22. The number of aryl methyl sites for hydroxylation is 2. The zero-order valence-electron chi connectivity index (χ0n) is 8.61. The van der Waals surface area contributed by atoms with Gasteiger partial charge in [0.2, 0.25) is 0 Å². The predicted molar refractivity (Wildman–Crippen MR) is 58.1 cm³/mol. The van der Waals surface area contributed by atoms with Gasteiger partial charge in [-0.15, -0.1) is 0 Å². The number of halogens is 1. The Kier molecular flexibility index (Phi) is 2.69.